The molecule has 16 heavy (non-hydrogen) atoms. The topological polar surface area (TPSA) is 56.0 Å². The van der Waals surface area contributed by atoms with Crippen LogP contribution in [-0.4, -0.2) is 10.8 Å². The molecule has 0 aliphatic carbocycles. The fourth-order valence-corrected chi connectivity index (χ4v) is 1.76. The van der Waals surface area contributed by atoms with E-state index in [0.29, 0.717) is 16.8 Å². The maximum Gasteiger partial charge on any atom is 0.195 e. The van der Waals surface area contributed by atoms with Crippen LogP contribution in [0.1, 0.15) is 15.9 Å². The Morgan fingerprint density at radius 3 is 2.56 bits per heavy atom. The number of carbonyl (C=O) groups excluding carboxylic acids is 1. The Labute approximate surface area is 101 Å². The van der Waals surface area contributed by atoms with Crippen molar-refractivity contribution in [2.45, 2.75) is 0 Å². The fourth-order valence-electron chi connectivity index (χ4n) is 1.39. The van der Waals surface area contributed by atoms with Crippen LogP contribution >= 0.6 is 15.9 Å². The Morgan fingerprint density at radius 1 is 1.19 bits per heavy atom. The van der Waals surface area contributed by atoms with Crippen LogP contribution in [0, 0.1) is 0 Å². The number of hydrogen-bond acceptors (Lipinski definition) is 3. The minimum atomic E-state index is -0.0961. The Kier molecular flexibility index (Phi) is 3.01. The maximum absolute atomic E-state index is 12.1. The number of nitrogen functional groups attached to an aromatic ring is 1. The molecule has 0 bridgehead atoms. The van der Waals surface area contributed by atoms with Gasteiger partial charge in [0.2, 0.25) is 0 Å². The number of pyridine rings is 1. The smallest absolute Gasteiger partial charge is 0.195 e. The predicted octanol–water partition coefficient (Wildman–Crippen LogP) is 2.66. The molecule has 0 aliphatic heterocycles. The lowest BCUT2D eigenvalue weighted by molar-refractivity contribution is 0.103. The number of benzene rings is 1. The van der Waals surface area contributed by atoms with Crippen molar-refractivity contribution in [3.63, 3.8) is 0 Å². The quantitative estimate of drug-likeness (QED) is 0.678. The summed E-state index contributed by atoms with van der Waals surface area (Å²) in [5, 5.41) is 0. The second-order valence-electron chi connectivity index (χ2n) is 3.27. The van der Waals surface area contributed by atoms with Gasteiger partial charge in [-0.15, -0.1) is 0 Å². The van der Waals surface area contributed by atoms with Crippen LogP contribution in [0.3, 0.4) is 0 Å². The summed E-state index contributed by atoms with van der Waals surface area (Å²) in [6.45, 7) is 0. The first kappa shape index (κ1) is 10.8. The third kappa shape index (κ3) is 1.97. The number of anilines is 1. The van der Waals surface area contributed by atoms with Gasteiger partial charge in [0.05, 0.1) is 5.69 Å². The summed E-state index contributed by atoms with van der Waals surface area (Å²) in [4.78, 5) is 16.0. The largest absolute Gasteiger partial charge is 0.397 e. The third-order valence-corrected chi connectivity index (χ3v) is 2.93. The van der Waals surface area contributed by atoms with Crippen molar-refractivity contribution < 1.29 is 4.79 Å². The van der Waals surface area contributed by atoms with Gasteiger partial charge >= 0.3 is 0 Å². The highest BCUT2D eigenvalue weighted by Crippen LogP contribution is 2.24. The van der Waals surface area contributed by atoms with Crippen LogP contribution in [0.25, 0.3) is 0 Å². The molecule has 0 radical (unpaired) electrons. The molecule has 0 spiro atoms. The van der Waals surface area contributed by atoms with Gasteiger partial charge in [0.1, 0.15) is 0 Å². The summed E-state index contributed by atoms with van der Waals surface area (Å²) in [5.74, 6) is -0.0961. The molecule has 0 fully saturated rings. The molecule has 80 valence electrons. The van der Waals surface area contributed by atoms with E-state index < -0.39 is 0 Å². The van der Waals surface area contributed by atoms with E-state index in [4.69, 9.17) is 5.73 Å². The molecule has 0 atom stereocenters. The molecule has 0 aliphatic rings. The molecule has 1 aromatic heterocycles. The lowest BCUT2D eigenvalue weighted by Gasteiger charge is -2.05. The van der Waals surface area contributed by atoms with E-state index in [-0.39, 0.29) is 5.78 Å². The summed E-state index contributed by atoms with van der Waals surface area (Å²) in [5.41, 5.74) is 7.38. The Bertz CT molecular complexity index is 526. The standard InChI is InChI=1S/C12H9BrN2O/c13-10-3-1-2-9(11(10)14)12(16)8-4-6-15-7-5-8/h1-7H,14H2. The number of hydrogen-bond donors (Lipinski definition) is 1. The van der Waals surface area contributed by atoms with Crippen LogP contribution < -0.4 is 5.73 Å². The Hall–Kier alpha value is -1.68. The first-order valence-electron chi connectivity index (χ1n) is 4.69. The number of ketones is 1. The first-order valence-corrected chi connectivity index (χ1v) is 5.48. The number of aromatic nitrogens is 1. The number of halogens is 1. The van der Waals surface area contributed by atoms with Crippen LogP contribution in [0.4, 0.5) is 5.69 Å². The van der Waals surface area contributed by atoms with E-state index in [1.165, 1.54) is 0 Å². The highest BCUT2D eigenvalue weighted by Gasteiger charge is 2.13. The monoisotopic (exact) mass is 276 g/mol. The second kappa shape index (κ2) is 4.45. The summed E-state index contributed by atoms with van der Waals surface area (Å²) < 4.78 is 0.729. The van der Waals surface area contributed by atoms with Gasteiger partial charge in [0.15, 0.2) is 5.78 Å². The van der Waals surface area contributed by atoms with Gasteiger partial charge in [0, 0.05) is 28.0 Å². The number of carbonyl (C=O) groups is 1. The van der Waals surface area contributed by atoms with E-state index in [1.54, 1.807) is 42.7 Å². The van der Waals surface area contributed by atoms with E-state index in [0.717, 1.165) is 4.47 Å². The molecular weight excluding hydrogens is 268 g/mol. The normalized spacial score (nSPS) is 10.1. The van der Waals surface area contributed by atoms with Crippen LogP contribution in [0.5, 0.6) is 0 Å². The molecular formula is C12H9BrN2O. The van der Waals surface area contributed by atoms with Gasteiger partial charge in [-0.3, -0.25) is 9.78 Å². The van der Waals surface area contributed by atoms with Crippen LogP contribution in [0.15, 0.2) is 47.2 Å². The van der Waals surface area contributed by atoms with Crippen LogP contribution in [-0.2, 0) is 0 Å². The van der Waals surface area contributed by atoms with Crippen LogP contribution in [0.2, 0.25) is 0 Å². The molecule has 1 aromatic carbocycles. The zero-order valence-electron chi connectivity index (χ0n) is 8.35. The fraction of sp³-hybridized carbons (Fsp3) is 0. The van der Waals surface area contributed by atoms with Gasteiger partial charge in [-0.05, 0) is 40.2 Å². The molecule has 0 unspecified atom stereocenters. The van der Waals surface area contributed by atoms with Gasteiger partial charge in [-0.1, -0.05) is 6.07 Å². The van der Waals surface area contributed by atoms with E-state index in [1.807, 2.05) is 0 Å². The number of para-hydroxylation sites is 1. The molecule has 2 rings (SSSR count). The molecule has 2 aromatic rings. The van der Waals surface area contributed by atoms with Gasteiger partial charge in [-0.2, -0.15) is 0 Å². The molecule has 3 nitrogen and oxygen atoms in total. The highest BCUT2D eigenvalue weighted by molar-refractivity contribution is 9.10. The van der Waals surface area contributed by atoms with Crippen molar-refractivity contribution in [1.82, 2.24) is 4.98 Å². The molecule has 0 amide bonds. The van der Waals surface area contributed by atoms with Gasteiger partial charge in [0.25, 0.3) is 0 Å². The summed E-state index contributed by atoms with van der Waals surface area (Å²) in [7, 11) is 0. The molecule has 1 heterocycles. The van der Waals surface area contributed by atoms with Gasteiger partial charge in [-0.25, -0.2) is 0 Å². The first-order chi connectivity index (χ1) is 7.70. The number of rotatable bonds is 2. The summed E-state index contributed by atoms with van der Waals surface area (Å²) >= 11 is 3.30. The Morgan fingerprint density at radius 2 is 1.88 bits per heavy atom. The molecule has 2 N–H and O–H groups in total. The molecule has 4 heteroatoms. The second-order valence-corrected chi connectivity index (χ2v) is 4.12. The highest BCUT2D eigenvalue weighted by atomic mass is 79.9. The van der Waals surface area contributed by atoms with E-state index >= 15 is 0 Å². The lowest BCUT2D eigenvalue weighted by Crippen LogP contribution is -2.05. The minimum Gasteiger partial charge on any atom is -0.397 e. The summed E-state index contributed by atoms with van der Waals surface area (Å²) in [6.07, 6.45) is 3.17. The average molecular weight is 277 g/mol. The van der Waals surface area contributed by atoms with Crippen molar-refractivity contribution >= 4 is 27.4 Å². The Balaban J connectivity index is 2.46. The van der Waals surface area contributed by atoms with Crippen molar-refractivity contribution in [1.29, 1.82) is 0 Å². The SMILES string of the molecule is Nc1c(Br)cccc1C(=O)c1ccncc1. The zero-order valence-corrected chi connectivity index (χ0v) is 9.94. The third-order valence-electron chi connectivity index (χ3n) is 2.24. The minimum absolute atomic E-state index is 0.0961. The maximum atomic E-state index is 12.1. The summed E-state index contributed by atoms with van der Waals surface area (Å²) in [6, 6.07) is 8.64. The van der Waals surface area contributed by atoms with Crippen molar-refractivity contribution in [2.24, 2.45) is 0 Å². The van der Waals surface area contributed by atoms with E-state index in [2.05, 4.69) is 20.9 Å². The average Bonchev–Trinajstić information content (AvgIpc) is 2.33. The van der Waals surface area contributed by atoms with Crippen molar-refractivity contribution in [2.75, 3.05) is 5.73 Å². The number of nitrogens with zero attached hydrogens (tertiary/aromatic N) is 1. The lowest BCUT2D eigenvalue weighted by atomic mass is 10.0. The molecule has 0 saturated carbocycles. The van der Waals surface area contributed by atoms with E-state index in [9.17, 15) is 4.79 Å². The van der Waals surface area contributed by atoms with Crippen molar-refractivity contribution in [3.05, 3.63) is 58.3 Å². The van der Waals surface area contributed by atoms with Gasteiger partial charge < -0.3 is 5.73 Å². The van der Waals surface area contributed by atoms with Crippen molar-refractivity contribution in [3.8, 4) is 0 Å². The zero-order chi connectivity index (χ0) is 11.5. The molecule has 0 saturated heterocycles. The predicted molar refractivity (Wildman–Crippen MR) is 66.2 cm³/mol. The number of nitrogens with two attached hydrogens (primary N) is 1.